The zero-order chi connectivity index (χ0) is 18.0. The van der Waals surface area contributed by atoms with Gasteiger partial charge in [-0.2, -0.15) is 5.10 Å². The van der Waals surface area contributed by atoms with Crippen LogP contribution >= 0.6 is 0 Å². The third-order valence-electron chi connectivity index (χ3n) is 4.05. The summed E-state index contributed by atoms with van der Waals surface area (Å²) in [6.45, 7) is 6.01. The van der Waals surface area contributed by atoms with Crippen LogP contribution in [0.3, 0.4) is 0 Å². The molecule has 0 bridgehead atoms. The number of benzene rings is 1. The van der Waals surface area contributed by atoms with Crippen LogP contribution in [-0.4, -0.2) is 28.2 Å². The normalized spacial score (nSPS) is 14.5. The zero-order valence-corrected chi connectivity index (χ0v) is 14.6. The lowest BCUT2D eigenvalue weighted by Gasteiger charge is -2.21. The molecule has 0 spiro atoms. The molecule has 2 heterocycles. The number of nitrogens with zero attached hydrogens (tertiary/aromatic N) is 2. The van der Waals surface area contributed by atoms with Crippen molar-refractivity contribution in [2.45, 2.75) is 39.3 Å². The van der Waals surface area contributed by atoms with E-state index in [0.29, 0.717) is 11.4 Å². The largest absolute Gasteiger partial charge is 0.482 e. The van der Waals surface area contributed by atoms with Crippen molar-refractivity contribution in [1.29, 1.82) is 0 Å². The molecule has 1 atom stereocenters. The lowest BCUT2D eigenvalue weighted by molar-refractivity contribution is -0.121. The lowest BCUT2D eigenvalue weighted by Crippen LogP contribution is -2.29. The van der Waals surface area contributed by atoms with Gasteiger partial charge >= 0.3 is 0 Å². The molecule has 0 aliphatic carbocycles. The highest BCUT2D eigenvalue weighted by molar-refractivity contribution is 5.95. The molecule has 1 aliphatic heterocycles. The van der Waals surface area contributed by atoms with Crippen LogP contribution in [0.25, 0.3) is 0 Å². The fourth-order valence-corrected chi connectivity index (χ4v) is 2.67. The van der Waals surface area contributed by atoms with E-state index in [4.69, 9.17) is 4.74 Å². The first-order valence-corrected chi connectivity index (χ1v) is 8.32. The second-order valence-electron chi connectivity index (χ2n) is 6.44. The summed E-state index contributed by atoms with van der Waals surface area (Å²) >= 11 is 0. The van der Waals surface area contributed by atoms with Crippen LogP contribution in [0.4, 0.5) is 5.69 Å². The van der Waals surface area contributed by atoms with Gasteiger partial charge in [-0.15, -0.1) is 0 Å². The average molecular weight is 342 g/mol. The van der Waals surface area contributed by atoms with E-state index in [-0.39, 0.29) is 36.9 Å². The highest BCUT2D eigenvalue weighted by atomic mass is 16.5. The SMILES string of the molecule is CC(C)n1ccc(CC(=O)N[C@H](C)c2ccc3c(c2)NC(=O)CO3)n1. The molecule has 2 amide bonds. The van der Waals surface area contributed by atoms with E-state index in [2.05, 4.69) is 15.7 Å². The maximum Gasteiger partial charge on any atom is 0.262 e. The molecule has 25 heavy (non-hydrogen) atoms. The minimum atomic E-state index is -0.191. The number of aromatic nitrogens is 2. The maximum absolute atomic E-state index is 12.3. The number of amides is 2. The molecular weight excluding hydrogens is 320 g/mol. The first-order chi connectivity index (χ1) is 11.9. The minimum absolute atomic E-state index is 0.0294. The van der Waals surface area contributed by atoms with E-state index in [1.165, 1.54) is 0 Å². The van der Waals surface area contributed by atoms with Crippen molar-refractivity contribution < 1.29 is 14.3 Å². The number of fused-ring (bicyclic) bond motifs is 1. The second kappa shape index (κ2) is 6.96. The Morgan fingerprint density at radius 3 is 2.88 bits per heavy atom. The molecule has 0 fully saturated rings. The molecular formula is C18H22N4O3. The first-order valence-electron chi connectivity index (χ1n) is 8.32. The molecule has 7 nitrogen and oxygen atoms in total. The van der Waals surface area contributed by atoms with Gasteiger partial charge in [0.15, 0.2) is 6.61 Å². The van der Waals surface area contributed by atoms with Crippen LogP contribution < -0.4 is 15.4 Å². The molecule has 132 valence electrons. The number of carbonyl (C=O) groups is 2. The third kappa shape index (κ3) is 3.99. The average Bonchev–Trinajstić information content (AvgIpc) is 3.02. The number of hydrogen-bond acceptors (Lipinski definition) is 4. The van der Waals surface area contributed by atoms with E-state index in [9.17, 15) is 9.59 Å². The number of carbonyl (C=O) groups excluding carboxylic acids is 2. The van der Waals surface area contributed by atoms with Crippen LogP contribution in [-0.2, 0) is 16.0 Å². The maximum atomic E-state index is 12.3. The molecule has 0 radical (unpaired) electrons. The van der Waals surface area contributed by atoms with E-state index < -0.39 is 0 Å². The van der Waals surface area contributed by atoms with Crippen molar-refractivity contribution in [3.8, 4) is 5.75 Å². The van der Waals surface area contributed by atoms with Crippen molar-refractivity contribution >= 4 is 17.5 Å². The summed E-state index contributed by atoms with van der Waals surface area (Å²) in [6.07, 6.45) is 2.11. The van der Waals surface area contributed by atoms with Crippen molar-refractivity contribution in [2.75, 3.05) is 11.9 Å². The van der Waals surface area contributed by atoms with Crippen LogP contribution in [0.2, 0.25) is 0 Å². The van der Waals surface area contributed by atoms with Crippen molar-refractivity contribution in [1.82, 2.24) is 15.1 Å². The number of anilines is 1. The number of hydrogen-bond donors (Lipinski definition) is 2. The van der Waals surface area contributed by atoms with Gasteiger partial charge in [-0.3, -0.25) is 14.3 Å². The molecule has 1 aromatic carbocycles. The van der Waals surface area contributed by atoms with Crippen molar-refractivity contribution in [3.63, 3.8) is 0 Å². The Morgan fingerprint density at radius 2 is 2.16 bits per heavy atom. The van der Waals surface area contributed by atoms with Crippen molar-refractivity contribution in [3.05, 3.63) is 41.7 Å². The van der Waals surface area contributed by atoms with E-state index in [0.717, 1.165) is 11.3 Å². The van der Waals surface area contributed by atoms with Gasteiger partial charge in [0.25, 0.3) is 5.91 Å². The summed E-state index contributed by atoms with van der Waals surface area (Å²) in [5.41, 5.74) is 2.26. The third-order valence-corrected chi connectivity index (χ3v) is 4.05. The Balaban J connectivity index is 1.63. The molecule has 3 rings (SSSR count). The van der Waals surface area contributed by atoms with Gasteiger partial charge in [0.1, 0.15) is 5.75 Å². The summed E-state index contributed by atoms with van der Waals surface area (Å²) < 4.78 is 7.17. The lowest BCUT2D eigenvalue weighted by atomic mass is 10.1. The van der Waals surface area contributed by atoms with Gasteiger partial charge < -0.3 is 15.4 Å². The predicted molar refractivity (Wildman–Crippen MR) is 93.4 cm³/mol. The predicted octanol–water partition coefficient (Wildman–Crippen LogP) is 2.21. The molecule has 0 unspecified atom stereocenters. The Hall–Kier alpha value is -2.83. The van der Waals surface area contributed by atoms with Crippen LogP contribution in [0.1, 0.15) is 44.1 Å². The molecule has 7 heteroatoms. The van der Waals surface area contributed by atoms with Crippen LogP contribution in [0, 0.1) is 0 Å². The van der Waals surface area contributed by atoms with Gasteiger partial charge in [0.05, 0.1) is 23.8 Å². The van der Waals surface area contributed by atoms with Crippen LogP contribution in [0.15, 0.2) is 30.5 Å². The molecule has 2 aromatic rings. The van der Waals surface area contributed by atoms with Gasteiger partial charge in [-0.05, 0) is 44.5 Å². The summed E-state index contributed by atoms with van der Waals surface area (Å²) in [5, 5.41) is 10.1. The van der Waals surface area contributed by atoms with Gasteiger partial charge in [-0.25, -0.2) is 0 Å². The smallest absolute Gasteiger partial charge is 0.262 e. The molecule has 1 aromatic heterocycles. The first kappa shape index (κ1) is 17.0. The minimum Gasteiger partial charge on any atom is -0.482 e. The highest BCUT2D eigenvalue weighted by Crippen LogP contribution is 2.30. The summed E-state index contributed by atoms with van der Waals surface area (Å²) in [6, 6.07) is 7.44. The molecule has 0 saturated carbocycles. The Morgan fingerprint density at radius 1 is 1.36 bits per heavy atom. The summed E-state index contributed by atoms with van der Waals surface area (Å²) in [4.78, 5) is 23.7. The van der Waals surface area contributed by atoms with E-state index >= 15 is 0 Å². The summed E-state index contributed by atoms with van der Waals surface area (Å²) in [5.74, 6) is 0.364. The second-order valence-corrected chi connectivity index (χ2v) is 6.44. The standard InChI is InChI=1S/C18H22N4O3/c1-11(2)22-7-6-14(21-22)9-17(23)19-12(3)13-4-5-16-15(8-13)20-18(24)10-25-16/h4-8,11-12H,9-10H2,1-3H3,(H,19,23)(H,20,24)/t12-/m1/s1. The van der Waals surface area contributed by atoms with Gasteiger partial charge in [-0.1, -0.05) is 6.07 Å². The fourth-order valence-electron chi connectivity index (χ4n) is 2.67. The highest BCUT2D eigenvalue weighted by Gasteiger charge is 2.18. The number of ether oxygens (including phenoxy) is 1. The monoisotopic (exact) mass is 342 g/mol. The molecule has 2 N–H and O–H groups in total. The van der Waals surface area contributed by atoms with Gasteiger partial charge in [0.2, 0.25) is 5.91 Å². The zero-order valence-electron chi connectivity index (χ0n) is 14.6. The Kier molecular flexibility index (Phi) is 4.74. The topological polar surface area (TPSA) is 85.2 Å². The van der Waals surface area contributed by atoms with E-state index in [1.807, 2.05) is 49.8 Å². The summed E-state index contributed by atoms with van der Waals surface area (Å²) in [7, 11) is 0. The molecule has 1 aliphatic rings. The number of rotatable bonds is 5. The Bertz CT molecular complexity index is 797. The van der Waals surface area contributed by atoms with Crippen LogP contribution in [0.5, 0.6) is 5.75 Å². The quantitative estimate of drug-likeness (QED) is 0.872. The fraction of sp³-hybridized carbons (Fsp3) is 0.389. The number of nitrogens with one attached hydrogen (secondary N) is 2. The Labute approximate surface area is 146 Å². The van der Waals surface area contributed by atoms with E-state index in [1.54, 1.807) is 6.07 Å². The van der Waals surface area contributed by atoms with Gasteiger partial charge in [0, 0.05) is 12.2 Å². The molecule has 0 saturated heterocycles. The van der Waals surface area contributed by atoms with Crippen molar-refractivity contribution in [2.24, 2.45) is 0 Å².